The third-order valence-corrected chi connectivity index (χ3v) is 3.65. The van der Waals surface area contributed by atoms with E-state index in [4.69, 9.17) is 34.8 Å². The largest absolute Gasteiger partial charge is 0.433 e. The summed E-state index contributed by atoms with van der Waals surface area (Å²) in [5.74, 6) is -0.946. The van der Waals surface area contributed by atoms with Crippen LogP contribution in [-0.2, 0) is 6.18 Å². The highest BCUT2D eigenvalue weighted by Gasteiger charge is 2.36. The van der Waals surface area contributed by atoms with Crippen LogP contribution in [0.1, 0.15) is 11.3 Å². The van der Waals surface area contributed by atoms with Crippen LogP contribution in [0.15, 0.2) is 6.07 Å². The molecule has 0 aliphatic carbocycles. The van der Waals surface area contributed by atoms with Gasteiger partial charge in [-0.3, -0.25) is 0 Å². The summed E-state index contributed by atoms with van der Waals surface area (Å²) in [4.78, 5) is 3.42. The fraction of sp³-hybridized carbons (Fsp3) is 0.182. The number of pyridine rings is 1. The fourth-order valence-electron chi connectivity index (χ4n) is 1.65. The predicted molar refractivity (Wildman–Crippen MR) is 66.5 cm³/mol. The molecule has 0 radical (unpaired) electrons. The molecule has 1 nitrogen and oxygen atoms in total. The predicted octanol–water partition coefficient (Wildman–Crippen LogP) is 5.66. The van der Waals surface area contributed by atoms with Gasteiger partial charge in [-0.25, -0.2) is 9.37 Å². The van der Waals surface area contributed by atoms with E-state index in [0.29, 0.717) is 0 Å². The first-order valence-electron chi connectivity index (χ1n) is 4.85. The summed E-state index contributed by atoms with van der Waals surface area (Å²) in [5, 5.41) is -1.25. The molecular weight excluding hydrogens is 328 g/mol. The van der Waals surface area contributed by atoms with Crippen LogP contribution >= 0.6 is 34.8 Å². The second-order valence-electron chi connectivity index (χ2n) is 3.78. The maximum Gasteiger partial charge on any atom is 0.433 e. The fourth-order valence-corrected chi connectivity index (χ4v) is 2.52. The van der Waals surface area contributed by atoms with Crippen molar-refractivity contribution in [3.05, 3.63) is 38.2 Å². The standard InChI is InChI=1S/C11H4Cl3F4N/c1-3-7(13)6-5(19-10(3)11(16,17)18)2-4(12)9(15)8(6)14/h2H,1H3. The van der Waals surface area contributed by atoms with Crippen LogP contribution in [0.25, 0.3) is 10.9 Å². The van der Waals surface area contributed by atoms with Crippen molar-refractivity contribution < 1.29 is 17.6 Å². The Kier molecular flexibility index (Phi) is 3.58. The number of fused-ring (bicyclic) bond motifs is 1. The molecule has 8 heteroatoms. The van der Waals surface area contributed by atoms with E-state index in [9.17, 15) is 17.6 Å². The van der Waals surface area contributed by atoms with Crippen LogP contribution in [0.2, 0.25) is 15.1 Å². The summed E-state index contributed by atoms with van der Waals surface area (Å²) in [5.41, 5.74) is -1.67. The van der Waals surface area contributed by atoms with Gasteiger partial charge in [0.05, 0.1) is 20.6 Å². The summed E-state index contributed by atoms with van der Waals surface area (Å²) >= 11 is 17.1. The molecule has 0 aliphatic rings. The number of alkyl halides is 3. The van der Waals surface area contributed by atoms with Crippen LogP contribution in [0.3, 0.4) is 0 Å². The minimum Gasteiger partial charge on any atom is -0.243 e. The molecule has 0 saturated carbocycles. The first-order chi connectivity index (χ1) is 8.64. The molecule has 0 unspecified atom stereocenters. The zero-order valence-electron chi connectivity index (χ0n) is 9.17. The van der Waals surface area contributed by atoms with E-state index in [1.54, 1.807) is 0 Å². The van der Waals surface area contributed by atoms with Crippen LogP contribution in [0.5, 0.6) is 0 Å². The van der Waals surface area contributed by atoms with Gasteiger partial charge in [0, 0.05) is 5.39 Å². The van der Waals surface area contributed by atoms with E-state index in [-0.39, 0.29) is 21.5 Å². The average molecular weight is 333 g/mol. The lowest BCUT2D eigenvalue weighted by molar-refractivity contribution is -0.141. The Morgan fingerprint density at radius 3 is 2.21 bits per heavy atom. The average Bonchev–Trinajstić information content (AvgIpc) is 2.29. The SMILES string of the molecule is Cc1c(C(F)(F)F)nc2cc(Cl)c(F)c(Cl)c2c1Cl. The highest BCUT2D eigenvalue weighted by Crippen LogP contribution is 2.41. The van der Waals surface area contributed by atoms with Gasteiger partial charge in [0.15, 0.2) is 5.82 Å². The van der Waals surface area contributed by atoms with Gasteiger partial charge >= 0.3 is 6.18 Å². The minimum absolute atomic E-state index is 0.0873. The lowest BCUT2D eigenvalue weighted by Gasteiger charge is -2.14. The van der Waals surface area contributed by atoms with E-state index in [1.807, 2.05) is 0 Å². The smallest absolute Gasteiger partial charge is 0.243 e. The highest BCUT2D eigenvalue weighted by atomic mass is 35.5. The van der Waals surface area contributed by atoms with Crippen molar-refractivity contribution in [3.8, 4) is 0 Å². The van der Waals surface area contributed by atoms with Gasteiger partial charge in [-0.15, -0.1) is 0 Å². The van der Waals surface area contributed by atoms with Crippen molar-refractivity contribution in [2.45, 2.75) is 13.1 Å². The highest BCUT2D eigenvalue weighted by molar-refractivity contribution is 6.44. The zero-order chi connectivity index (χ0) is 14.5. The molecular formula is C11H4Cl3F4N. The molecule has 19 heavy (non-hydrogen) atoms. The van der Waals surface area contributed by atoms with Crippen LogP contribution < -0.4 is 0 Å². The Labute approximate surface area is 120 Å². The molecule has 1 aromatic carbocycles. The Morgan fingerprint density at radius 1 is 1.11 bits per heavy atom. The minimum atomic E-state index is -4.67. The molecule has 2 aromatic rings. The summed E-state index contributed by atoms with van der Waals surface area (Å²) in [7, 11) is 0. The lowest BCUT2D eigenvalue weighted by atomic mass is 10.1. The quantitative estimate of drug-likeness (QED) is 0.448. The number of benzene rings is 1. The monoisotopic (exact) mass is 331 g/mol. The second kappa shape index (κ2) is 4.65. The number of hydrogen-bond donors (Lipinski definition) is 0. The van der Waals surface area contributed by atoms with Crippen molar-refractivity contribution in [1.82, 2.24) is 4.98 Å². The summed E-state index contributed by atoms with van der Waals surface area (Å²) in [6, 6.07) is 0.957. The molecule has 0 spiro atoms. The molecule has 0 bridgehead atoms. The van der Waals surface area contributed by atoms with E-state index in [0.717, 1.165) is 13.0 Å². The van der Waals surface area contributed by atoms with E-state index < -0.39 is 27.7 Å². The van der Waals surface area contributed by atoms with Gasteiger partial charge < -0.3 is 0 Å². The summed E-state index contributed by atoms with van der Waals surface area (Å²) in [6.07, 6.45) is -4.67. The molecule has 0 aliphatic heterocycles. The number of nitrogens with zero attached hydrogens (tertiary/aromatic N) is 1. The van der Waals surface area contributed by atoms with Crippen molar-refractivity contribution in [3.63, 3.8) is 0 Å². The lowest BCUT2D eigenvalue weighted by Crippen LogP contribution is -2.11. The molecule has 0 saturated heterocycles. The molecule has 102 valence electrons. The van der Waals surface area contributed by atoms with E-state index >= 15 is 0 Å². The maximum absolute atomic E-state index is 13.5. The first-order valence-corrected chi connectivity index (χ1v) is 5.98. The van der Waals surface area contributed by atoms with Gasteiger partial charge in [0.25, 0.3) is 0 Å². The van der Waals surface area contributed by atoms with Crippen molar-refractivity contribution >= 4 is 45.7 Å². The van der Waals surface area contributed by atoms with E-state index in [1.165, 1.54) is 0 Å². The van der Waals surface area contributed by atoms with Crippen molar-refractivity contribution in [1.29, 1.82) is 0 Å². The van der Waals surface area contributed by atoms with Gasteiger partial charge in [-0.05, 0) is 18.6 Å². The molecule has 1 heterocycles. The number of aromatic nitrogens is 1. The van der Waals surface area contributed by atoms with Gasteiger partial charge in [0.2, 0.25) is 0 Å². The third kappa shape index (κ3) is 2.35. The van der Waals surface area contributed by atoms with Crippen LogP contribution in [0, 0.1) is 12.7 Å². The second-order valence-corrected chi connectivity index (χ2v) is 4.94. The molecule has 1 aromatic heterocycles. The van der Waals surface area contributed by atoms with Crippen molar-refractivity contribution in [2.75, 3.05) is 0 Å². The summed E-state index contributed by atoms with van der Waals surface area (Å²) in [6.45, 7) is 1.14. The maximum atomic E-state index is 13.5. The zero-order valence-corrected chi connectivity index (χ0v) is 11.4. The Bertz CT molecular complexity index is 682. The van der Waals surface area contributed by atoms with E-state index in [2.05, 4.69) is 4.98 Å². The summed E-state index contributed by atoms with van der Waals surface area (Å²) < 4.78 is 51.9. The van der Waals surface area contributed by atoms with Crippen LogP contribution in [-0.4, -0.2) is 4.98 Å². The Morgan fingerprint density at radius 2 is 1.68 bits per heavy atom. The topological polar surface area (TPSA) is 12.9 Å². The normalized spacial score (nSPS) is 12.2. The Balaban J connectivity index is 2.97. The molecule has 0 N–H and O–H groups in total. The van der Waals surface area contributed by atoms with Gasteiger partial charge in [-0.2, -0.15) is 13.2 Å². The third-order valence-electron chi connectivity index (χ3n) is 2.55. The van der Waals surface area contributed by atoms with Crippen molar-refractivity contribution in [2.24, 2.45) is 0 Å². The number of halogens is 7. The molecule has 2 rings (SSSR count). The number of hydrogen-bond acceptors (Lipinski definition) is 1. The number of rotatable bonds is 0. The van der Waals surface area contributed by atoms with Gasteiger partial charge in [-0.1, -0.05) is 34.8 Å². The molecule has 0 atom stereocenters. The van der Waals surface area contributed by atoms with Crippen LogP contribution in [0.4, 0.5) is 17.6 Å². The Hall–Kier alpha value is -0.780. The molecule has 0 amide bonds. The first kappa shape index (κ1) is 14.6. The molecule has 0 fully saturated rings. The van der Waals surface area contributed by atoms with Gasteiger partial charge in [0.1, 0.15) is 5.69 Å².